The van der Waals surface area contributed by atoms with E-state index in [1.54, 1.807) is 32.1 Å². The van der Waals surface area contributed by atoms with Crippen LogP contribution in [0.5, 0.6) is 11.5 Å². The van der Waals surface area contributed by atoms with Crippen molar-refractivity contribution in [3.8, 4) is 11.5 Å². The van der Waals surface area contributed by atoms with Crippen molar-refractivity contribution in [1.82, 2.24) is 0 Å². The lowest BCUT2D eigenvalue weighted by molar-refractivity contribution is -0.112. The Morgan fingerprint density at radius 1 is 1.14 bits per heavy atom. The highest BCUT2D eigenvalue weighted by atomic mass is 16.6. The minimum atomic E-state index is -0.966. The third-order valence-corrected chi connectivity index (χ3v) is 7.85. The zero-order valence-corrected chi connectivity index (χ0v) is 26.0. The molecule has 3 rings (SSSR count). The second-order valence-corrected chi connectivity index (χ2v) is 11.5. The van der Waals surface area contributed by atoms with Crippen molar-refractivity contribution in [3.63, 3.8) is 0 Å². The number of fused-ring (bicyclic) bond motifs is 2. The molecule has 5 atom stereocenters. The molecule has 7 N–H and O–H groups in total. The molecule has 1 aliphatic heterocycles. The predicted molar refractivity (Wildman–Crippen MR) is 171 cm³/mol. The quantitative estimate of drug-likeness (QED) is 0.146. The van der Waals surface area contributed by atoms with Crippen LogP contribution in [0.25, 0.3) is 0 Å². The van der Waals surface area contributed by atoms with Crippen LogP contribution in [0.1, 0.15) is 51.7 Å². The Labute approximate surface area is 259 Å². The number of methoxy groups -OCH3 is 1. The van der Waals surface area contributed by atoms with E-state index in [0.717, 1.165) is 5.56 Å². The average molecular weight is 608 g/mol. The van der Waals surface area contributed by atoms with E-state index >= 15 is 0 Å². The van der Waals surface area contributed by atoms with Gasteiger partial charge < -0.3 is 41.2 Å². The Bertz CT molecular complexity index is 1390. The summed E-state index contributed by atoms with van der Waals surface area (Å²) in [6.07, 6.45) is 4.82. The first-order valence-corrected chi connectivity index (χ1v) is 14.8. The standard InChI is InChI=1S/C34H45N3O7/c1-20-14-15-27(38)22(3)17-23(4)32(44-34(35)42)29(43-5)13-9-10-21(2)33(41)37-26-18-28(39)30(25(16-20)31(26)40)36-19-24-11-7-6-8-12-24/h6-13,17-18,20,22,27,29,32,36,38-40H,14-16,19H2,1-5H3,(H2,35,42)(H,37,41)/b13-9-,21-10+,23-17+/t20-,22-,27-,29-,32-/m0/s1. The SMILES string of the molecule is CO[C@H]1/C=C\C=C(/C)C(=O)Nc2cc(O)c(NCc3ccccc3)c(c2O)C[C@@H](C)CC[C@H](O)[C@@H](C)/C=C(\C)[C@@H]1OC(N)=O. The van der Waals surface area contributed by atoms with E-state index in [2.05, 4.69) is 10.6 Å². The van der Waals surface area contributed by atoms with E-state index in [4.69, 9.17) is 15.2 Å². The van der Waals surface area contributed by atoms with Gasteiger partial charge in [0, 0.05) is 36.8 Å². The normalized spacial score (nSPS) is 26.8. The van der Waals surface area contributed by atoms with Gasteiger partial charge >= 0.3 is 6.09 Å². The molecule has 1 aliphatic rings. The number of aliphatic hydroxyl groups is 1. The van der Waals surface area contributed by atoms with Crippen LogP contribution < -0.4 is 16.4 Å². The van der Waals surface area contributed by atoms with Crippen molar-refractivity contribution >= 4 is 23.4 Å². The largest absolute Gasteiger partial charge is 0.506 e. The molecule has 2 aromatic carbocycles. The van der Waals surface area contributed by atoms with Crippen molar-refractivity contribution in [2.24, 2.45) is 17.6 Å². The summed E-state index contributed by atoms with van der Waals surface area (Å²) >= 11 is 0. The number of benzene rings is 2. The number of rotatable bonds is 5. The number of allylic oxidation sites excluding steroid dienone is 2. The summed E-state index contributed by atoms with van der Waals surface area (Å²) in [4.78, 5) is 24.8. The van der Waals surface area contributed by atoms with Gasteiger partial charge in [-0.3, -0.25) is 4.79 Å². The maximum Gasteiger partial charge on any atom is 0.405 e. The van der Waals surface area contributed by atoms with Gasteiger partial charge in [0.15, 0.2) is 6.10 Å². The third-order valence-electron chi connectivity index (χ3n) is 7.85. The highest BCUT2D eigenvalue weighted by molar-refractivity contribution is 6.04. The number of ether oxygens (including phenoxy) is 2. The number of nitrogens with one attached hydrogen (secondary N) is 2. The Hall–Kier alpha value is -4.28. The Balaban J connectivity index is 2.03. The van der Waals surface area contributed by atoms with E-state index in [1.165, 1.54) is 13.2 Å². The molecule has 2 amide bonds. The van der Waals surface area contributed by atoms with E-state index in [9.17, 15) is 24.9 Å². The zero-order chi connectivity index (χ0) is 32.4. The van der Waals surface area contributed by atoms with Crippen LogP contribution in [-0.4, -0.2) is 52.7 Å². The van der Waals surface area contributed by atoms with Crippen LogP contribution in [0.4, 0.5) is 16.2 Å². The lowest BCUT2D eigenvalue weighted by atomic mass is 9.89. The number of carbonyl (C=O) groups excluding carboxylic acids is 2. The van der Waals surface area contributed by atoms with Gasteiger partial charge in [-0.25, -0.2) is 4.79 Å². The molecule has 0 radical (unpaired) electrons. The smallest absolute Gasteiger partial charge is 0.405 e. The molecule has 44 heavy (non-hydrogen) atoms. The summed E-state index contributed by atoms with van der Waals surface area (Å²) in [5.41, 5.74) is 8.24. The first-order valence-electron chi connectivity index (χ1n) is 14.8. The summed E-state index contributed by atoms with van der Waals surface area (Å²) in [6, 6.07) is 11.0. The van der Waals surface area contributed by atoms with Crippen LogP contribution in [-0.2, 0) is 27.2 Å². The number of hydrogen-bond donors (Lipinski definition) is 6. The molecule has 0 saturated heterocycles. The third kappa shape index (κ3) is 9.36. The van der Waals surface area contributed by atoms with Gasteiger partial charge in [-0.1, -0.05) is 68.5 Å². The minimum Gasteiger partial charge on any atom is -0.506 e. The molecular weight excluding hydrogens is 562 g/mol. The fraction of sp³-hybridized carbons (Fsp3) is 0.412. The summed E-state index contributed by atoms with van der Waals surface area (Å²) in [5.74, 6) is -1.03. The Kier molecular flexibility index (Phi) is 12.4. The highest BCUT2D eigenvalue weighted by Gasteiger charge is 2.26. The number of hydrogen-bond acceptors (Lipinski definition) is 8. The van der Waals surface area contributed by atoms with Crippen molar-refractivity contribution in [2.75, 3.05) is 17.7 Å². The minimum absolute atomic E-state index is 0.00724. The molecule has 10 nitrogen and oxygen atoms in total. The summed E-state index contributed by atoms with van der Waals surface area (Å²) in [5, 5.41) is 39.4. The van der Waals surface area contributed by atoms with Crippen molar-refractivity contribution in [1.29, 1.82) is 0 Å². The molecule has 2 aromatic rings. The molecule has 0 saturated carbocycles. The van der Waals surface area contributed by atoms with Crippen LogP contribution in [0.3, 0.4) is 0 Å². The number of amides is 2. The second kappa shape index (κ2) is 16.0. The number of anilines is 2. The van der Waals surface area contributed by atoms with Gasteiger partial charge in [0.05, 0.1) is 17.5 Å². The number of phenols is 2. The van der Waals surface area contributed by atoms with E-state index < -0.39 is 30.3 Å². The zero-order valence-electron chi connectivity index (χ0n) is 26.0. The van der Waals surface area contributed by atoms with Gasteiger partial charge in [-0.05, 0) is 50.2 Å². The maximum atomic E-state index is 13.1. The van der Waals surface area contributed by atoms with E-state index in [0.29, 0.717) is 48.2 Å². The molecule has 0 aliphatic carbocycles. The Morgan fingerprint density at radius 2 is 1.84 bits per heavy atom. The number of carbonyl (C=O) groups is 2. The van der Waals surface area contributed by atoms with Crippen molar-refractivity contribution in [3.05, 3.63) is 83.0 Å². The van der Waals surface area contributed by atoms with E-state index in [1.807, 2.05) is 50.3 Å². The molecular formula is C34H45N3O7. The summed E-state index contributed by atoms with van der Waals surface area (Å²) in [6.45, 7) is 7.68. The molecule has 0 fully saturated rings. The molecule has 10 heteroatoms. The second-order valence-electron chi connectivity index (χ2n) is 11.5. The Morgan fingerprint density at radius 3 is 2.50 bits per heavy atom. The number of nitrogens with two attached hydrogens (primary N) is 1. The summed E-state index contributed by atoms with van der Waals surface area (Å²) in [7, 11) is 1.46. The van der Waals surface area contributed by atoms with E-state index in [-0.39, 0.29) is 29.0 Å². The first-order chi connectivity index (χ1) is 20.9. The van der Waals surface area contributed by atoms with Gasteiger partial charge in [0.2, 0.25) is 0 Å². The first kappa shape index (κ1) is 34.2. The number of aromatic hydroxyl groups is 2. The summed E-state index contributed by atoms with van der Waals surface area (Å²) < 4.78 is 10.9. The lowest BCUT2D eigenvalue weighted by Crippen LogP contribution is -2.35. The van der Waals surface area contributed by atoms with Crippen LogP contribution in [0.15, 0.2) is 71.8 Å². The van der Waals surface area contributed by atoms with Crippen LogP contribution in [0.2, 0.25) is 0 Å². The highest BCUT2D eigenvalue weighted by Crippen LogP contribution is 2.42. The molecule has 0 spiro atoms. The predicted octanol–water partition coefficient (Wildman–Crippen LogP) is 5.55. The fourth-order valence-electron chi connectivity index (χ4n) is 5.23. The number of phenolic OH excluding ortho intramolecular Hbond substituents is 2. The molecule has 1 heterocycles. The van der Waals surface area contributed by atoms with Crippen molar-refractivity contribution in [2.45, 2.75) is 71.8 Å². The maximum absolute atomic E-state index is 13.1. The van der Waals surface area contributed by atoms with Gasteiger partial charge in [0.1, 0.15) is 17.6 Å². The van der Waals surface area contributed by atoms with Crippen LogP contribution >= 0.6 is 0 Å². The van der Waals surface area contributed by atoms with Crippen LogP contribution in [0, 0.1) is 11.8 Å². The number of aliphatic hydroxyl groups excluding tert-OH is 1. The molecule has 238 valence electrons. The van der Waals surface area contributed by atoms with Gasteiger partial charge in [-0.2, -0.15) is 0 Å². The van der Waals surface area contributed by atoms with Gasteiger partial charge in [-0.15, -0.1) is 0 Å². The fourth-order valence-corrected chi connectivity index (χ4v) is 5.23. The average Bonchev–Trinajstić information content (AvgIpc) is 2.98. The lowest BCUT2D eigenvalue weighted by Gasteiger charge is -2.26. The topological polar surface area (TPSA) is 163 Å². The van der Waals surface area contributed by atoms with Gasteiger partial charge in [0.25, 0.3) is 5.91 Å². The molecule has 2 bridgehead atoms. The molecule has 0 unspecified atom stereocenters. The number of primary amides is 1. The van der Waals surface area contributed by atoms with Crippen molar-refractivity contribution < 1.29 is 34.4 Å². The molecule has 0 aromatic heterocycles. The monoisotopic (exact) mass is 607 g/mol.